The molecule has 1 atom stereocenters. The molecule has 1 aliphatic carbocycles. The van der Waals surface area contributed by atoms with Gasteiger partial charge >= 0.3 is 0 Å². The summed E-state index contributed by atoms with van der Waals surface area (Å²) in [7, 11) is 0. The Balaban J connectivity index is 2.50. The van der Waals surface area contributed by atoms with Gasteiger partial charge in [-0.15, -0.1) is 0 Å². The quantitative estimate of drug-likeness (QED) is 0.839. The predicted molar refractivity (Wildman–Crippen MR) is 89.4 cm³/mol. The van der Waals surface area contributed by atoms with E-state index in [4.69, 9.17) is 5.73 Å². The fourth-order valence-electron chi connectivity index (χ4n) is 4.40. The molecule has 0 aliphatic heterocycles. The number of rotatable bonds is 6. The Labute approximate surface area is 129 Å². The summed E-state index contributed by atoms with van der Waals surface area (Å²) >= 11 is 0. The lowest BCUT2D eigenvalue weighted by atomic mass is 9.62. The van der Waals surface area contributed by atoms with Crippen LogP contribution < -0.4 is 5.73 Å². The third kappa shape index (κ3) is 2.89. The third-order valence-corrected chi connectivity index (χ3v) is 5.09. The Kier molecular flexibility index (Phi) is 4.79. The van der Waals surface area contributed by atoms with E-state index < -0.39 is 5.60 Å². The molecule has 21 heavy (non-hydrogen) atoms. The standard InChI is InChI=1S/C19H31NO/c1-14(2)11-19(21,12-15(3)4)18(13-20)10-9-16-7-5-6-8-17(16)18/h5-8,14-15,21H,9-13,20H2,1-4H3. The molecule has 0 heterocycles. The molecule has 1 aromatic carbocycles. The molecule has 0 fully saturated rings. The van der Waals surface area contributed by atoms with Gasteiger partial charge in [-0.05, 0) is 48.6 Å². The van der Waals surface area contributed by atoms with Crippen molar-refractivity contribution in [3.05, 3.63) is 35.4 Å². The van der Waals surface area contributed by atoms with Crippen molar-refractivity contribution < 1.29 is 5.11 Å². The third-order valence-electron chi connectivity index (χ3n) is 5.09. The molecule has 0 aromatic heterocycles. The fraction of sp³-hybridized carbons (Fsp3) is 0.684. The highest BCUT2D eigenvalue weighted by Gasteiger charge is 2.53. The largest absolute Gasteiger partial charge is 0.389 e. The molecule has 1 aromatic rings. The van der Waals surface area contributed by atoms with Crippen LogP contribution in [0.5, 0.6) is 0 Å². The monoisotopic (exact) mass is 289 g/mol. The minimum atomic E-state index is -0.712. The lowest BCUT2D eigenvalue weighted by molar-refractivity contribution is -0.0687. The van der Waals surface area contributed by atoms with Crippen molar-refractivity contribution in [2.45, 2.75) is 64.4 Å². The second kappa shape index (κ2) is 6.10. The van der Waals surface area contributed by atoms with Gasteiger partial charge in [0.2, 0.25) is 0 Å². The summed E-state index contributed by atoms with van der Waals surface area (Å²) < 4.78 is 0. The van der Waals surface area contributed by atoms with Crippen molar-refractivity contribution in [3.8, 4) is 0 Å². The molecular weight excluding hydrogens is 258 g/mol. The minimum Gasteiger partial charge on any atom is -0.389 e. The highest BCUT2D eigenvalue weighted by atomic mass is 16.3. The average Bonchev–Trinajstić information content (AvgIpc) is 2.77. The van der Waals surface area contributed by atoms with E-state index in [1.54, 1.807) is 0 Å². The van der Waals surface area contributed by atoms with E-state index in [1.807, 2.05) is 0 Å². The maximum Gasteiger partial charge on any atom is 0.0761 e. The van der Waals surface area contributed by atoms with Crippen molar-refractivity contribution >= 4 is 0 Å². The van der Waals surface area contributed by atoms with Crippen LogP contribution in [0.15, 0.2) is 24.3 Å². The summed E-state index contributed by atoms with van der Waals surface area (Å²) in [6.45, 7) is 9.29. The number of hydrogen-bond acceptors (Lipinski definition) is 2. The Morgan fingerprint density at radius 1 is 1.14 bits per heavy atom. The van der Waals surface area contributed by atoms with Gasteiger partial charge in [-0.3, -0.25) is 0 Å². The van der Waals surface area contributed by atoms with Crippen LogP contribution in [0.1, 0.15) is 58.1 Å². The van der Waals surface area contributed by atoms with Crippen LogP contribution in [0.25, 0.3) is 0 Å². The van der Waals surface area contributed by atoms with Crippen LogP contribution in [0.2, 0.25) is 0 Å². The Hall–Kier alpha value is -0.860. The van der Waals surface area contributed by atoms with Crippen molar-refractivity contribution in [1.82, 2.24) is 0 Å². The first-order valence-electron chi connectivity index (χ1n) is 8.35. The smallest absolute Gasteiger partial charge is 0.0761 e. The van der Waals surface area contributed by atoms with Gasteiger partial charge in [0.05, 0.1) is 5.60 Å². The summed E-state index contributed by atoms with van der Waals surface area (Å²) in [5.41, 5.74) is 7.93. The van der Waals surface area contributed by atoms with Gasteiger partial charge in [0.1, 0.15) is 0 Å². The first-order valence-corrected chi connectivity index (χ1v) is 8.35. The molecule has 0 radical (unpaired) electrons. The van der Waals surface area contributed by atoms with E-state index in [-0.39, 0.29) is 5.41 Å². The van der Waals surface area contributed by atoms with E-state index in [1.165, 1.54) is 11.1 Å². The summed E-state index contributed by atoms with van der Waals surface area (Å²) in [6.07, 6.45) is 3.64. The van der Waals surface area contributed by atoms with Crippen LogP contribution in [0.3, 0.4) is 0 Å². The zero-order valence-corrected chi connectivity index (χ0v) is 14.0. The second-order valence-corrected chi connectivity index (χ2v) is 7.67. The van der Waals surface area contributed by atoms with Crippen molar-refractivity contribution in [3.63, 3.8) is 0 Å². The van der Waals surface area contributed by atoms with Crippen LogP contribution in [-0.2, 0) is 11.8 Å². The molecule has 3 N–H and O–H groups in total. The highest BCUT2D eigenvalue weighted by molar-refractivity contribution is 5.43. The maximum atomic E-state index is 11.7. The topological polar surface area (TPSA) is 46.2 Å². The van der Waals surface area contributed by atoms with Crippen LogP contribution in [0.4, 0.5) is 0 Å². The van der Waals surface area contributed by atoms with Crippen LogP contribution in [-0.4, -0.2) is 17.3 Å². The Bertz CT molecular complexity index is 470. The summed E-state index contributed by atoms with van der Waals surface area (Å²) in [6, 6.07) is 8.55. The number of aliphatic hydroxyl groups is 1. The Morgan fingerprint density at radius 2 is 1.71 bits per heavy atom. The molecule has 2 rings (SSSR count). The van der Waals surface area contributed by atoms with Crippen LogP contribution in [0, 0.1) is 11.8 Å². The first-order chi connectivity index (χ1) is 9.84. The molecule has 0 spiro atoms. The highest BCUT2D eigenvalue weighted by Crippen LogP contribution is 2.50. The van der Waals surface area contributed by atoms with Gasteiger partial charge in [0, 0.05) is 12.0 Å². The lowest BCUT2D eigenvalue weighted by Crippen LogP contribution is -2.56. The molecule has 0 saturated carbocycles. The minimum absolute atomic E-state index is 0.280. The number of fused-ring (bicyclic) bond motifs is 1. The van der Waals surface area contributed by atoms with Crippen LogP contribution >= 0.6 is 0 Å². The van der Waals surface area contributed by atoms with Gasteiger partial charge in [0.25, 0.3) is 0 Å². The normalized spacial score (nSPS) is 22.1. The summed E-state index contributed by atoms with van der Waals surface area (Å²) in [4.78, 5) is 0. The van der Waals surface area contributed by atoms with E-state index in [0.717, 1.165) is 25.7 Å². The van der Waals surface area contributed by atoms with Gasteiger partial charge in [-0.2, -0.15) is 0 Å². The zero-order chi connectivity index (χ0) is 15.7. The molecule has 118 valence electrons. The zero-order valence-electron chi connectivity index (χ0n) is 14.0. The van der Waals surface area contributed by atoms with Crippen molar-refractivity contribution in [2.24, 2.45) is 17.6 Å². The second-order valence-electron chi connectivity index (χ2n) is 7.67. The van der Waals surface area contributed by atoms with Gasteiger partial charge in [-0.1, -0.05) is 52.0 Å². The summed E-state index contributed by atoms with van der Waals surface area (Å²) in [5, 5.41) is 11.7. The van der Waals surface area contributed by atoms with Gasteiger partial charge in [-0.25, -0.2) is 0 Å². The van der Waals surface area contributed by atoms with Crippen molar-refractivity contribution in [2.75, 3.05) is 6.54 Å². The predicted octanol–water partition coefficient (Wildman–Crippen LogP) is 3.65. The molecule has 0 bridgehead atoms. The number of nitrogens with two attached hydrogens (primary N) is 1. The maximum absolute atomic E-state index is 11.7. The van der Waals surface area contributed by atoms with E-state index >= 15 is 0 Å². The molecule has 2 nitrogen and oxygen atoms in total. The van der Waals surface area contributed by atoms with E-state index in [0.29, 0.717) is 18.4 Å². The van der Waals surface area contributed by atoms with Crippen molar-refractivity contribution in [1.29, 1.82) is 0 Å². The number of benzene rings is 1. The molecule has 0 saturated heterocycles. The van der Waals surface area contributed by atoms with Gasteiger partial charge < -0.3 is 10.8 Å². The van der Waals surface area contributed by atoms with E-state index in [9.17, 15) is 5.11 Å². The number of hydrogen-bond donors (Lipinski definition) is 2. The number of aryl methyl sites for hydroxylation is 1. The SMILES string of the molecule is CC(C)CC(O)(CC(C)C)C1(CN)CCc2ccccc21. The molecule has 1 aliphatic rings. The molecule has 0 amide bonds. The first kappa shape index (κ1) is 16.5. The summed E-state index contributed by atoms with van der Waals surface area (Å²) in [5.74, 6) is 0.926. The van der Waals surface area contributed by atoms with E-state index in [2.05, 4.69) is 52.0 Å². The fourth-order valence-corrected chi connectivity index (χ4v) is 4.40. The molecule has 2 heteroatoms. The molecular formula is C19H31NO. The lowest BCUT2D eigenvalue weighted by Gasteiger charge is -2.47. The van der Waals surface area contributed by atoms with Gasteiger partial charge in [0.15, 0.2) is 0 Å². The molecule has 1 unspecified atom stereocenters. The average molecular weight is 289 g/mol. The Morgan fingerprint density at radius 3 is 2.24 bits per heavy atom.